The summed E-state index contributed by atoms with van der Waals surface area (Å²) < 4.78 is 20.8. The van der Waals surface area contributed by atoms with Crippen LogP contribution in [0.25, 0.3) is 44.6 Å². The van der Waals surface area contributed by atoms with E-state index in [1.54, 1.807) is 0 Å². The molecule has 4 aromatic carbocycles. The van der Waals surface area contributed by atoms with Crippen molar-refractivity contribution in [2.24, 2.45) is 0 Å². The zero-order valence-electron chi connectivity index (χ0n) is 24.4. The van der Waals surface area contributed by atoms with Crippen LogP contribution in [0.5, 0.6) is 57.5 Å². The van der Waals surface area contributed by atoms with Crippen LogP contribution < -0.4 is 30.5 Å². The van der Waals surface area contributed by atoms with Gasteiger partial charge in [0.15, 0.2) is 11.2 Å². The Labute approximate surface area is 278 Å². The van der Waals surface area contributed by atoms with E-state index < -0.39 is 33.9 Å². The maximum Gasteiger partial charge on any atom is 2.00 e. The Balaban J connectivity index is 0.000000208. The van der Waals surface area contributed by atoms with Gasteiger partial charge in [0.2, 0.25) is 11.2 Å². The van der Waals surface area contributed by atoms with Crippen molar-refractivity contribution in [3.05, 3.63) is 81.1 Å². The van der Waals surface area contributed by atoms with Gasteiger partial charge in [-0.2, -0.15) is 0 Å². The molecule has 0 aliphatic heterocycles. The van der Waals surface area contributed by atoms with Crippen molar-refractivity contribution in [3.8, 4) is 80.1 Å². The summed E-state index contributed by atoms with van der Waals surface area (Å²) in [6.07, 6.45) is 0. The van der Waals surface area contributed by atoms with Crippen LogP contribution in [0.2, 0.25) is 0 Å². The van der Waals surface area contributed by atoms with Crippen molar-refractivity contribution in [1.82, 2.24) is 0 Å². The number of phenolic OH excluding ortho intramolecular Hbond substituents is 5. The number of rotatable bonds is 4. The second-order valence-electron chi connectivity index (χ2n) is 9.62. The molecule has 0 fully saturated rings. The molecule has 2 aromatic heterocycles. The number of fused-ring (bicyclic) bond motifs is 2. The molecular formula is C32H22MgO14. The number of ether oxygens (including phenoxy) is 2. The first-order valence-corrected chi connectivity index (χ1v) is 13.0. The van der Waals surface area contributed by atoms with Crippen molar-refractivity contribution in [2.75, 3.05) is 14.2 Å². The van der Waals surface area contributed by atoms with E-state index in [4.69, 9.17) is 18.3 Å². The summed E-state index contributed by atoms with van der Waals surface area (Å²) >= 11 is 0. The van der Waals surface area contributed by atoms with E-state index in [1.165, 1.54) is 56.7 Å². The summed E-state index contributed by atoms with van der Waals surface area (Å²) in [5.74, 6) is -4.36. The fourth-order valence-corrected chi connectivity index (χ4v) is 4.61. The molecule has 6 aromatic rings. The molecule has 0 saturated carbocycles. The molecule has 0 saturated heterocycles. The molecule has 0 unspecified atom stereocenters. The van der Waals surface area contributed by atoms with Crippen LogP contribution in [0.3, 0.4) is 0 Å². The van der Waals surface area contributed by atoms with Gasteiger partial charge in [0.25, 0.3) is 0 Å². The normalized spacial score (nSPS) is 10.6. The van der Waals surface area contributed by atoms with E-state index in [1.807, 2.05) is 0 Å². The Hall–Kier alpha value is -5.93. The van der Waals surface area contributed by atoms with Crippen LogP contribution in [0.4, 0.5) is 0 Å². The molecule has 0 aliphatic carbocycles. The monoisotopic (exact) mass is 654 g/mol. The number of phenols is 5. The van der Waals surface area contributed by atoms with Gasteiger partial charge in [-0.3, -0.25) is 9.59 Å². The van der Waals surface area contributed by atoms with Crippen molar-refractivity contribution >= 4 is 45.0 Å². The Morgan fingerprint density at radius 2 is 1.09 bits per heavy atom. The Morgan fingerprint density at radius 3 is 1.60 bits per heavy atom. The first kappa shape index (κ1) is 33.9. The van der Waals surface area contributed by atoms with Crippen LogP contribution in [-0.4, -0.2) is 67.9 Å². The van der Waals surface area contributed by atoms with E-state index >= 15 is 0 Å². The smallest absolute Gasteiger partial charge is 0.872 e. The third kappa shape index (κ3) is 6.29. The first-order valence-electron chi connectivity index (χ1n) is 13.0. The van der Waals surface area contributed by atoms with Crippen LogP contribution in [0.1, 0.15) is 0 Å². The number of aromatic hydroxyl groups is 6. The number of benzene rings is 4. The van der Waals surface area contributed by atoms with E-state index in [9.17, 15) is 50.4 Å². The van der Waals surface area contributed by atoms with E-state index in [0.29, 0.717) is 0 Å². The van der Waals surface area contributed by atoms with Gasteiger partial charge in [-0.05, 0) is 36.1 Å². The van der Waals surface area contributed by atoms with Gasteiger partial charge in [0.1, 0.15) is 67.9 Å². The van der Waals surface area contributed by atoms with Gasteiger partial charge in [-0.1, -0.05) is 5.75 Å². The van der Waals surface area contributed by atoms with E-state index in [0.717, 1.165) is 18.2 Å². The molecule has 0 spiro atoms. The summed E-state index contributed by atoms with van der Waals surface area (Å²) in [6, 6.07) is 11.6. The second-order valence-corrected chi connectivity index (χ2v) is 9.62. The quantitative estimate of drug-likeness (QED) is 0.150. The van der Waals surface area contributed by atoms with Crippen LogP contribution in [0, 0.1) is 0 Å². The number of hydrogen-bond acceptors (Lipinski definition) is 14. The molecule has 0 radical (unpaired) electrons. The van der Waals surface area contributed by atoms with Gasteiger partial charge in [0, 0.05) is 35.9 Å². The van der Waals surface area contributed by atoms with Crippen molar-refractivity contribution in [3.63, 3.8) is 0 Å². The molecule has 0 bridgehead atoms. The van der Waals surface area contributed by atoms with E-state index in [-0.39, 0.29) is 102 Å². The Kier molecular flexibility index (Phi) is 9.53. The Bertz CT molecular complexity index is 2110. The molecular weight excluding hydrogens is 633 g/mol. The van der Waals surface area contributed by atoms with Crippen molar-refractivity contribution in [2.45, 2.75) is 0 Å². The molecule has 6 rings (SSSR count). The molecule has 47 heavy (non-hydrogen) atoms. The minimum atomic E-state index is -1.01. The van der Waals surface area contributed by atoms with Crippen molar-refractivity contribution in [1.29, 1.82) is 0 Å². The summed E-state index contributed by atoms with van der Waals surface area (Å²) in [4.78, 5) is 24.7. The third-order valence-corrected chi connectivity index (χ3v) is 6.70. The molecule has 6 N–H and O–H groups in total. The zero-order valence-corrected chi connectivity index (χ0v) is 25.8. The molecule has 236 valence electrons. The number of methoxy groups -OCH3 is 2. The van der Waals surface area contributed by atoms with Gasteiger partial charge in [-0.25, -0.2) is 0 Å². The SMILES string of the molecule is COc1cc(O)cc2oc(-c3ccc(O)cc3O)c(O)c(=O)c12.COc1cc(O)cc2oc(-c3ccc(O)cc3[O-])c([O-])c(=O)c12.[Mg+2]. The van der Waals surface area contributed by atoms with Crippen molar-refractivity contribution < 1.29 is 59.2 Å². The molecule has 0 atom stereocenters. The largest absolute Gasteiger partial charge is 2.00 e. The average Bonchev–Trinajstić information content (AvgIpc) is 3.00. The van der Waals surface area contributed by atoms with Crippen LogP contribution in [-0.2, 0) is 0 Å². The fraction of sp³-hybridized carbons (Fsp3) is 0.0625. The Morgan fingerprint density at radius 1 is 0.596 bits per heavy atom. The van der Waals surface area contributed by atoms with Crippen LogP contribution >= 0.6 is 0 Å². The summed E-state index contributed by atoms with van der Waals surface area (Å²) in [5, 5.41) is 81.9. The van der Waals surface area contributed by atoms with Gasteiger partial charge < -0.3 is 59.2 Å². The molecule has 0 aliphatic rings. The summed E-state index contributed by atoms with van der Waals surface area (Å²) in [6.45, 7) is 0. The van der Waals surface area contributed by atoms with Gasteiger partial charge >= 0.3 is 23.1 Å². The minimum Gasteiger partial charge on any atom is -0.872 e. The summed E-state index contributed by atoms with van der Waals surface area (Å²) in [7, 11) is 2.59. The zero-order chi connectivity index (χ0) is 33.4. The minimum absolute atomic E-state index is 0. The average molecular weight is 655 g/mol. The molecule has 14 nitrogen and oxygen atoms in total. The van der Waals surface area contributed by atoms with E-state index in [2.05, 4.69) is 0 Å². The molecule has 15 heteroatoms. The first-order chi connectivity index (χ1) is 21.8. The molecule has 0 amide bonds. The number of hydrogen-bond donors (Lipinski definition) is 6. The standard InChI is InChI=1S/2C16H12O7.Mg/c2*1-22-11-5-8(18)6-12-13(11)14(20)15(21)16(23-12)9-3-2-7(17)4-10(9)19;/h2*2-6,17-19,21H,1H3;/q;;+2/p-2. The van der Waals surface area contributed by atoms with Crippen LogP contribution in [0.15, 0.2) is 79.1 Å². The fourth-order valence-electron chi connectivity index (χ4n) is 4.61. The second kappa shape index (κ2) is 13.2. The van der Waals surface area contributed by atoms with Gasteiger partial charge in [-0.15, -0.1) is 0 Å². The maximum atomic E-state index is 12.4. The predicted octanol–water partition coefficient (Wildman–Crippen LogP) is 2.94. The third-order valence-electron chi connectivity index (χ3n) is 6.70. The maximum absolute atomic E-state index is 12.4. The van der Waals surface area contributed by atoms with Gasteiger partial charge in [0.05, 0.1) is 19.8 Å². The predicted molar refractivity (Wildman–Crippen MR) is 164 cm³/mol. The molecule has 2 heterocycles. The summed E-state index contributed by atoms with van der Waals surface area (Å²) in [5.41, 5.74) is -1.94. The topological polar surface area (TPSA) is 246 Å².